The lowest BCUT2D eigenvalue weighted by molar-refractivity contribution is -0.119. The van der Waals surface area contributed by atoms with E-state index in [1.54, 1.807) is 0 Å². The van der Waals surface area contributed by atoms with Gasteiger partial charge < -0.3 is 11.1 Å². The van der Waals surface area contributed by atoms with Crippen LogP contribution in [0.25, 0.3) is 0 Å². The van der Waals surface area contributed by atoms with E-state index in [1.165, 1.54) is 12.8 Å². The third kappa shape index (κ3) is 2.55. The highest BCUT2D eigenvalue weighted by molar-refractivity contribution is 5.78. The molecule has 0 aromatic rings. The van der Waals surface area contributed by atoms with Crippen LogP contribution in [0.3, 0.4) is 0 Å². The lowest BCUT2D eigenvalue weighted by Crippen LogP contribution is -2.52. The standard InChI is InChI=1S/C12H23N3O/c1-9-3-2-6-15(11(9)7-13)8-10-4-5-12(16)14-10/h9-11H,2-8,13H2,1H3,(H,14,16). The highest BCUT2D eigenvalue weighted by Gasteiger charge is 2.30. The second-order valence-corrected chi connectivity index (χ2v) is 5.22. The Bertz CT molecular complexity index is 257. The van der Waals surface area contributed by atoms with E-state index in [-0.39, 0.29) is 5.91 Å². The van der Waals surface area contributed by atoms with E-state index in [2.05, 4.69) is 17.1 Å². The Morgan fingerprint density at radius 2 is 2.31 bits per heavy atom. The number of carbonyl (C=O) groups excluding carboxylic acids is 1. The molecule has 4 heteroatoms. The molecule has 92 valence electrons. The first-order valence-corrected chi connectivity index (χ1v) is 6.44. The Labute approximate surface area is 97.6 Å². The number of rotatable bonds is 3. The summed E-state index contributed by atoms with van der Waals surface area (Å²) >= 11 is 0. The molecule has 0 aromatic carbocycles. The fourth-order valence-corrected chi connectivity index (χ4v) is 3.04. The molecule has 2 rings (SSSR count). The molecule has 3 atom stereocenters. The lowest BCUT2D eigenvalue weighted by atomic mass is 9.90. The van der Waals surface area contributed by atoms with E-state index < -0.39 is 0 Å². The van der Waals surface area contributed by atoms with Crippen LogP contribution in [0.1, 0.15) is 32.6 Å². The molecule has 0 radical (unpaired) electrons. The monoisotopic (exact) mass is 225 g/mol. The number of nitrogens with zero attached hydrogens (tertiary/aromatic N) is 1. The van der Waals surface area contributed by atoms with Crippen molar-refractivity contribution in [3.63, 3.8) is 0 Å². The number of piperidine rings is 1. The summed E-state index contributed by atoms with van der Waals surface area (Å²) in [7, 11) is 0. The number of hydrogen-bond donors (Lipinski definition) is 2. The van der Waals surface area contributed by atoms with Gasteiger partial charge in [0.1, 0.15) is 0 Å². The van der Waals surface area contributed by atoms with Crippen LogP contribution < -0.4 is 11.1 Å². The number of nitrogens with one attached hydrogen (secondary N) is 1. The van der Waals surface area contributed by atoms with Gasteiger partial charge in [-0.2, -0.15) is 0 Å². The molecule has 0 saturated carbocycles. The molecule has 3 unspecified atom stereocenters. The highest BCUT2D eigenvalue weighted by Crippen LogP contribution is 2.23. The smallest absolute Gasteiger partial charge is 0.220 e. The summed E-state index contributed by atoms with van der Waals surface area (Å²) in [5.41, 5.74) is 5.86. The van der Waals surface area contributed by atoms with Crippen molar-refractivity contribution in [3.8, 4) is 0 Å². The largest absolute Gasteiger partial charge is 0.352 e. The van der Waals surface area contributed by atoms with Gasteiger partial charge in [0, 0.05) is 31.6 Å². The van der Waals surface area contributed by atoms with Gasteiger partial charge in [-0.1, -0.05) is 6.92 Å². The van der Waals surface area contributed by atoms with E-state index >= 15 is 0 Å². The van der Waals surface area contributed by atoms with Gasteiger partial charge >= 0.3 is 0 Å². The lowest BCUT2D eigenvalue weighted by Gasteiger charge is -2.40. The fourth-order valence-electron chi connectivity index (χ4n) is 3.04. The first-order chi connectivity index (χ1) is 7.70. The number of hydrogen-bond acceptors (Lipinski definition) is 3. The second kappa shape index (κ2) is 5.15. The first-order valence-electron chi connectivity index (χ1n) is 6.44. The van der Waals surface area contributed by atoms with Gasteiger partial charge in [-0.25, -0.2) is 0 Å². The van der Waals surface area contributed by atoms with Crippen LogP contribution in [0.2, 0.25) is 0 Å². The number of carbonyl (C=O) groups is 1. The van der Waals surface area contributed by atoms with Crippen LogP contribution in [0.4, 0.5) is 0 Å². The Morgan fingerprint density at radius 1 is 1.50 bits per heavy atom. The average Bonchev–Trinajstić information content (AvgIpc) is 2.64. The SMILES string of the molecule is CC1CCCN(CC2CCC(=O)N2)C1CN. The van der Waals surface area contributed by atoms with Crippen molar-refractivity contribution < 1.29 is 4.79 Å². The van der Waals surface area contributed by atoms with E-state index in [4.69, 9.17) is 5.73 Å². The van der Waals surface area contributed by atoms with Crippen LogP contribution in [0, 0.1) is 5.92 Å². The third-order valence-corrected chi connectivity index (χ3v) is 4.01. The number of amides is 1. The normalized spacial score (nSPS) is 36.4. The molecule has 2 aliphatic rings. The molecule has 2 heterocycles. The van der Waals surface area contributed by atoms with Gasteiger partial charge in [-0.05, 0) is 31.7 Å². The molecule has 0 bridgehead atoms. The molecule has 0 spiro atoms. The predicted octanol–water partition coefficient (Wildman–Crippen LogP) is 0.324. The maximum Gasteiger partial charge on any atom is 0.220 e. The number of likely N-dealkylation sites (tertiary alicyclic amines) is 1. The molecule has 2 saturated heterocycles. The molecule has 0 aromatic heterocycles. The van der Waals surface area contributed by atoms with Crippen LogP contribution in [0.15, 0.2) is 0 Å². The van der Waals surface area contributed by atoms with Gasteiger partial charge in [0.2, 0.25) is 5.91 Å². The maximum atomic E-state index is 11.2. The van der Waals surface area contributed by atoms with Gasteiger partial charge in [0.25, 0.3) is 0 Å². The molecule has 3 N–H and O–H groups in total. The van der Waals surface area contributed by atoms with Gasteiger partial charge in [0.15, 0.2) is 0 Å². The highest BCUT2D eigenvalue weighted by atomic mass is 16.1. The van der Waals surface area contributed by atoms with Crippen molar-refractivity contribution in [2.24, 2.45) is 11.7 Å². The Kier molecular flexibility index (Phi) is 3.82. The number of nitrogens with two attached hydrogens (primary N) is 1. The van der Waals surface area contributed by atoms with Crippen LogP contribution in [0.5, 0.6) is 0 Å². The van der Waals surface area contributed by atoms with Crippen molar-refractivity contribution in [2.45, 2.75) is 44.7 Å². The zero-order chi connectivity index (χ0) is 11.5. The topological polar surface area (TPSA) is 58.4 Å². The second-order valence-electron chi connectivity index (χ2n) is 5.22. The zero-order valence-corrected chi connectivity index (χ0v) is 10.1. The molecular weight excluding hydrogens is 202 g/mol. The molecule has 2 fully saturated rings. The summed E-state index contributed by atoms with van der Waals surface area (Å²) < 4.78 is 0. The summed E-state index contributed by atoms with van der Waals surface area (Å²) in [5.74, 6) is 0.898. The summed E-state index contributed by atoms with van der Waals surface area (Å²) in [6.45, 7) is 5.15. The summed E-state index contributed by atoms with van der Waals surface area (Å²) in [5, 5.41) is 3.04. The van der Waals surface area contributed by atoms with Crippen molar-refractivity contribution >= 4 is 5.91 Å². The van der Waals surface area contributed by atoms with Crippen molar-refractivity contribution in [3.05, 3.63) is 0 Å². The molecule has 4 nitrogen and oxygen atoms in total. The van der Waals surface area contributed by atoms with Gasteiger partial charge in [-0.15, -0.1) is 0 Å². The van der Waals surface area contributed by atoms with E-state index in [0.717, 1.165) is 26.1 Å². The minimum atomic E-state index is 0.208. The maximum absolute atomic E-state index is 11.2. The van der Waals surface area contributed by atoms with E-state index in [1.807, 2.05) is 0 Å². The molecular formula is C12H23N3O. The minimum absolute atomic E-state index is 0.208. The summed E-state index contributed by atoms with van der Waals surface area (Å²) in [6.07, 6.45) is 4.23. The zero-order valence-electron chi connectivity index (χ0n) is 10.1. The molecule has 16 heavy (non-hydrogen) atoms. The van der Waals surface area contributed by atoms with E-state index in [0.29, 0.717) is 24.4 Å². The van der Waals surface area contributed by atoms with Crippen LogP contribution >= 0.6 is 0 Å². The Balaban J connectivity index is 1.89. The predicted molar refractivity (Wildman–Crippen MR) is 64.0 cm³/mol. The molecule has 2 aliphatic heterocycles. The van der Waals surface area contributed by atoms with Crippen molar-refractivity contribution in [1.82, 2.24) is 10.2 Å². The molecule has 1 amide bonds. The van der Waals surface area contributed by atoms with Gasteiger partial charge in [-0.3, -0.25) is 9.69 Å². The minimum Gasteiger partial charge on any atom is -0.352 e. The fraction of sp³-hybridized carbons (Fsp3) is 0.917. The third-order valence-electron chi connectivity index (χ3n) is 4.01. The van der Waals surface area contributed by atoms with Crippen molar-refractivity contribution in [2.75, 3.05) is 19.6 Å². The summed E-state index contributed by atoms with van der Waals surface area (Å²) in [4.78, 5) is 13.6. The van der Waals surface area contributed by atoms with Crippen LogP contribution in [-0.4, -0.2) is 42.5 Å². The first kappa shape index (κ1) is 11.9. The Morgan fingerprint density at radius 3 is 2.94 bits per heavy atom. The quantitative estimate of drug-likeness (QED) is 0.727. The van der Waals surface area contributed by atoms with E-state index in [9.17, 15) is 4.79 Å². The molecule has 0 aliphatic carbocycles. The van der Waals surface area contributed by atoms with Crippen molar-refractivity contribution in [1.29, 1.82) is 0 Å². The van der Waals surface area contributed by atoms with Crippen LogP contribution in [-0.2, 0) is 4.79 Å². The Hall–Kier alpha value is -0.610. The summed E-state index contributed by atoms with van der Waals surface area (Å²) in [6, 6.07) is 0.859. The van der Waals surface area contributed by atoms with Gasteiger partial charge in [0.05, 0.1) is 0 Å². The average molecular weight is 225 g/mol.